The second-order valence-electron chi connectivity index (χ2n) is 6.43. The quantitative estimate of drug-likeness (QED) is 0.631. The Morgan fingerprint density at radius 2 is 1.68 bits per heavy atom. The molecule has 2 amide bonds. The average Bonchev–Trinajstić information content (AvgIpc) is 2.77. The number of nitrogens with zero attached hydrogens (tertiary/aromatic N) is 2. The lowest BCUT2D eigenvalue weighted by atomic mass is 10.2. The van der Waals surface area contributed by atoms with Gasteiger partial charge in [0, 0.05) is 17.6 Å². The van der Waals surface area contributed by atoms with Crippen LogP contribution in [0.15, 0.2) is 72.9 Å². The highest BCUT2D eigenvalue weighted by Gasteiger charge is 2.32. The normalized spacial score (nSPS) is 11.0. The fraction of sp³-hybridized carbons (Fsp3) is 0.136. The number of carbonyl (C=O) groups excluding carboxylic acids is 2. The number of para-hydroxylation sites is 1. The lowest BCUT2D eigenvalue weighted by Gasteiger charge is -2.22. The van der Waals surface area contributed by atoms with Crippen molar-refractivity contribution in [2.45, 2.75) is 6.18 Å². The molecule has 0 saturated heterocycles. The van der Waals surface area contributed by atoms with Crippen LogP contribution in [0.4, 0.5) is 24.5 Å². The van der Waals surface area contributed by atoms with E-state index in [2.05, 4.69) is 10.3 Å². The van der Waals surface area contributed by atoms with E-state index in [0.29, 0.717) is 17.1 Å². The van der Waals surface area contributed by atoms with Gasteiger partial charge in [-0.1, -0.05) is 18.2 Å². The van der Waals surface area contributed by atoms with Crippen LogP contribution in [0.1, 0.15) is 16.1 Å². The molecule has 2 aromatic carbocycles. The molecule has 31 heavy (non-hydrogen) atoms. The number of halogens is 3. The molecule has 3 aromatic rings. The molecule has 6 nitrogen and oxygen atoms in total. The van der Waals surface area contributed by atoms with E-state index in [-0.39, 0.29) is 12.1 Å². The fourth-order valence-electron chi connectivity index (χ4n) is 2.75. The minimum absolute atomic E-state index is 0.0749. The summed E-state index contributed by atoms with van der Waals surface area (Å²) in [6.45, 7) is -0.351. The van der Waals surface area contributed by atoms with Crippen LogP contribution < -0.4 is 15.0 Å². The SMILES string of the molecule is COc1ccc(NC(=O)CN(C(=O)c2ccc(C(F)(F)F)nc2)c2ccccc2)cc1. The maximum absolute atomic E-state index is 13.0. The van der Waals surface area contributed by atoms with Crippen LogP contribution >= 0.6 is 0 Å². The van der Waals surface area contributed by atoms with Crippen molar-refractivity contribution in [3.8, 4) is 5.75 Å². The van der Waals surface area contributed by atoms with E-state index < -0.39 is 23.7 Å². The standard InChI is InChI=1S/C22H18F3N3O3/c1-31-18-10-8-16(9-11-18)27-20(29)14-28(17-5-3-2-4-6-17)21(30)15-7-12-19(26-13-15)22(23,24)25/h2-13H,14H2,1H3,(H,27,29). The molecule has 1 heterocycles. The summed E-state index contributed by atoms with van der Waals surface area (Å²) in [4.78, 5) is 30.1. The number of anilines is 2. The molecule has 1 aromatic heterocycles. The molecule has 0 aliphatic rings. The number of amides is 2. The Morgan fingerprint density at radius 3 is 2.23 bits per heavy atom. The van der Waals surface area contributed by atoms with Crippen LogP contribution in [0, 0.1) is 0 Å². The number of pyridine rings is 1. The Hall–Kier alpha value is -3.88. The molecule has 0 aliphatic carbocycles. The molecule has 0 saturated carbocycles. The zero-order valence-corrected chi connectivity index (χ0v) is 16.4. The predicted molar refractivity (Wildman–Crippen MR) is 109 cm³/mol. The highest BCUT2D eigenvalue weighted by atomic mass is 19.4. The van der Waals surface area contributed by atoms with Crippen molar-refractivity contribution < 1.29 is 27.5 Å². The zero-order chi connectivity index (χ0) is 22.4. The van der Waals surface area contributed by atoms with Crippen molar-refractivity contribution in [2.24, 2.45) is 0 Å². The monoisotopic (exact) mass is 429 g/mol. The van der Waals surface area contributed by atoms with Crippen molar-refractivity contribution >= 4 is 23.2 Å². The number of hydrogen-bond donors (Lipinski definition) is 1. The van der Waals surface area contributed by atoms with Crippen molar-refractivity contribution in [3.05, 3.63) is 84.2 Å². The highest BCUT2D eigenvalue weighted by molar-refractivity contribution is 6.10. The topological polar surface area (TPSA) is 71.5 Å². The molecule has 0 fully saturated rings. The first kappa shape index (κ1) is 21.8. The molecule has 0 radical (unpaired) electrons. The summed E-state index contributed by atoms with van der Waals surface area (Å²) in [7, 11) is 1.52. The van der Waals surface area contributed by atoms with E-state index in [1.807, 2.05) is 0 Å². The molecule has 1 N–H and O–H groups in total. The number of rotatable bonds is 6. The van der Waals surface area contributed by atoms with Gasteiger partial charge in [0.2, 0.25) is 5.91 Å². The maximum Gasteiger partial charge on any atom is 0.433 e. The first-order valence-corrected chi connectivity index (χ1v) is 9.12. The zero-order valence-electron chi connectivity index (χ0n) is 16.4. The molecule has 0 spiro atoms. The first-order chi connectivity index (χ1) is 14.8. The van der Waals surface area contributed by atoms with Gasteiger partial charge < -0.3 is 10.1 Å². The first-order valence-electron chi connectivity index (χ1n) is 9.12. The number of aromatic nitrogens is 1. The van der Waals surface area contributed by atoms with Gasteiger partial charge in [-0.25, -0.2) is 0 Å². The summed E-state index contributed by atoms with van der Waals surface area (Å²) in [6.07, 6.45) is -3.76. The van der Waals surface area contributed by atoms with Gasteiger partial charge in [-0.2, -0.15) is 13.2 Å². The number of carbonyl (C=O) groups is 2. The van der Waals surface area contributed by atoms with Gasteiger partial charge in [0.05, 0.1) is 12.7 Å². The average molecular weight is 429 g/mol. The number of methoxy groups -OCH3 is 1. The number of alkyl halides is 3. The molecule has 3 rings (SSSR count). The number of hydrogen-bond acceptors (Lipinski definition) is 4. The molecule has 0 atom stereocenters. The van der Waals surface area contributed by atoms with E-state index in [4.69, 9.17) is 4.74 Å². The summed E-state index contributed by atoms with van der Waals surface area (Å²) in [5, 5.41) is 2.68. The van der Waals surface area contributed by atoms with Gasteiger partial charge in [-0.05, 0) is 48.5 Å². The van der Waals surface area contributed by atoms with Crippen molar-refractivity contribution in [3.63, 3.8) is 0 Å². The molecule has 9 heteroatoms. The summed E-state index contributed by atoms with van der Waals surface area (Å²) >= 11 is 0. The third-order valence-electron chi connectivity index (χ3n) is 4.29. The van der Waals surface area contributed by atoms with Crippen LogP contribution in [0.3, 0.4) is 0 Å². The van der Waals surface area contributed by atoms with Crippen LogP contribution in [-0.4, -0.2) is 30.5 Å². The minimum Gasteiger partial charge on any atom is -0.497 e. The Bertz CT molecular complexity index is 1040. The summed E-state index contributed by atoms with van der Waals surface area (Å²) in [5.41, 5.74) is -0.263. The molecule has 0 bridgehead atoms. The Kier molecular flexibility index (Phi) is 6.54. The van der Waals surface area contributed by atoms with Gasteiger partial charge >= 0.3 is 6.18 Å². The molecule has 0 unspecified atom stereocenters. The van der Waals surface area contributed by atoms with Gasteiger partial charge in [-0.15, -0.1) is 0 Å². The van der Waals surface area contributed by atoms with Crippen molar-refractivity contribution in [1.29, 1.82) is 0 Å². The smallest absolute Gasteiger partial charge is 0.433 e. The van der Waals surface area contributed by atoms with E-state index in [1.54, 1.807) is 54.6 Å². The third-order valence-corrected chi connectivity index (χ3v) is 4.29. The van der Waals surface area contributed by atoms with Crippen LogP contribution in [0.5, 0.6) is 5.75 Å². The van der Waals surface area contributed by atoms with Crippen LogP contribution in [0.2, 0.25) is 0 Å². The summed E-state index contributed by atoms with van der Waals surface area (Å²) in [5.74, 6) is -0.520. The van der Waals surface area contributed by atoms with Crippen molar-refractivity contribution in [1.82, 2.24) is 4.98 Å². The number of nitrogens with one attached hydrogen (secondary N) is 1. The second-order valence-corrected chi connectivity index (χ2v) is 6.43. The largest absolute Gasteiger partial charge is 0.497 e. The van der Waals surface area contributed by atoms with E-state index in [1.165, 1.54) is 12.0 Å². The van der Waals surface area contributed by atoms with Gasteiger partial charge in [-0.3, -0.25) is 19.5 Å². The van der Waals surface area contributed by atoms with Gasteiger partial charge in [0.1, 0.15) is 18.0 Å². The predicted octanol–water partition coefficient (Wildman–Crippen LogP) is 4.39. The summed E-state index contributed by atoms with van der Waals surface area (Å²) in [6, 6.07) is 16.7. The number of benzene rings is 2. The fourth-order valence-corrected chi connectivity index (χ4v) is 2.75. The van der Waals surface area contributed by atoms with Gasteiger partial charge in [0.25, 0.3) is 5.91 Å². The molecule has 0 aliphatic heterocycles. The molecule has 160 valence electrons. The number of ether oxygens (including phenoxy) is 1. The van der Waals surface area contributed by atoms with Crippen LogP contribution in [0.25, 0.3) is 0 Å². The highest BCUT2D eigenvalue weighted by Crippen LogP contribution is 2.27. The van der Waals surface area contributed by atoms with Crippen LogP contribution in [-0.2, 0) is 11.0 Å². The lowest BCUT2D eigenvalue weighted by Crippen LogP contribution is -2.38. The van der Waals surface area contributed by atoms with E-state index in [9.17, 15) is 22.8 Å². The van der Waals surface area contributed by atoms with Crippen molar-refractivity contribution in [2.75, 3.05) is 23.9 Å². The van der Waals surface area contributed by atoms with E-state index >= 15 is 0 Å². The van der Waals surface area contributed by atoms with E-state index in [0.717, 1.165) is 18.3 Å². The minimum atomic E-state index is -4.61. The maximum atomic E-state index is 13.0. The summed E-state index contributed by atoms with van der Waals surface area (Å²) < 4.78 is 43.3. The Balaban J connectivity index is 1.81. The van der Waals surface area contributed by atoms with Gasteiger partial charge in [0.15, 0.2) is 0 Å². The Morgan fingerprint density at radius 1 is 1.00 bits per heavy atom. The third kappa shape index (κ3) is 5.59. The lowest BCUT2D eigenvalue weighted by molar-refractivity contribution is -0.141. The molecular formula is C22H18F3N3O3. The molecular weight excluding hydrogens is 411 g/mol. The second kappa shape index (κ2) is 9.29. The Labute approximate surface area is 176 Å².